The summed E-state index contributed by atoms with van der Waals surface area (Å²) < 4.78 is 26.4. The fourth-order valence-electron chi connectivity index (χ4n) is 4.17. The van der Waals surface area contributed by atoms with Crippen molar-refractivity contribution in [3.05, 3.63) is 0 Å². The summed E-state index contributed by atoms with van der Waals surface area (Å²) in [4.78, 5) is 0. The highest BCUT2D eigenvalue weighted by Gasteiger charge is 2.60. The van der Waals surface area contributed by atoms with Crippen molar-refractivity contribution in [3.8, 4) is 0 Å². The zero-order valence-electron chi connectivity index (χ0n) is 17.9. The lowest BCUT2D eigenvalue weighted by atomic mass is 10.0. The van der Waals surface area contributed by atoms with E-state index in [0.717, 1.165) is 0 Å². The van der Waals surface area contributed by atoms with Crippen LogP contribution < -0.4 is 0 Å². The topological polar surface area (TPSA) is 269 Å². The van der Waals surface area contributed by atoms with Crippen LogP contribution in [0, 0.1) is 0 Å². The van der Waals surface area contributed by atoms with Crippen LogP contribution in [0.2, 0.25) is 0 Å². The molecule has 16 heteroatoms. The fourth-order valence-corrected chi connectivity index (χ4v) is 4.17. The van der Waals surface area contributed by atoms with Crippen LogP contribution in [-0.2, 0) is 23.7 Å². The summed E-state index contributed by atoms with van der Waals surface area (Å²) >= 11 is 0. The number of ether oxygens (including phenoxy) is 5. The highest BCUT2D eigenvalue weighted by molar-refractivity contribution is 5.01. The molecule has 11 N–H and O–H groups in total. The first-order chi connectivity index (χ1) is 15.9. The minimum atomic E-state index is -2.47. The molecule has 3 unspecified atom stereocenters. The van der Waals surface area contributed by atoms with Gasteiger partial charge in [-0.2, -0.15) is 0 Å². The molecule has 34 heavy (non-hydrogen) atoms. The molecule has 3 aliphatic heterocycles. The largest absolute Gasteiger partial charge is 0.394 e. The van der Waals surface area contributed by atoms with E-state index in [4.69, 9.17) is 28.8 Å². The van der Waals surface area contributed by atoms with Gasteiger partial charge >= 0.3 is 0 Å². The molecule has 3 rings (SSSR count). The quantitative estimate of drug-likeness (QED) is 0.132. The number of rotatable bonds is 10. The molecule has 0 bridgehead atoms. The molecule has 0 aromatic rings. The van der Waals surface area contributed by atoms with Crippen molar-refractivity contribution in [2.24, 2.45) is 0 Å². The van der Waals surface area contributed by atoms with Crippen LogP contribution in [0.3, 0.4) is 0 Å². The van der Waals surface area contributed by atoms with Crippen molar-refractivity contribution in [3.63, 3.8) is 0 Å². The van der Waals surface area contributed by atoms with Gasteiger partial charge in [-0.1, -0.05) is 0 Å². The summed E-state index contributed by atoms with van der Waals surface area (Å²) in [5, 5.41) is 109. The van der Waals surface area contributed by atoms with Crippen molar-refractivity contribution in [1.82, 2.24) is 0 Å². The van der Waals surface area contributed by atoms with Gasteiger partial charge in [0.25, 0.3) is 0 Å². The summed E-state index contributed by atoms with van der Waals surface area (Å²) in [6, 6.07) is 0. The summed E-state index contributed by atoms with van der Waals surface area (Å²) in [5.41, 5.74) is 0. The van der Waals surface area contributed by atoms with Gasteiger partial charge in [0.1, 0.15) is 68.1 Å². The molecule has 0 aromatic carbocycles. The monoisotopic (exact) mass is 504 g/mol. The van der Waals surface area contributed by atoms with E-state index in [1.807, 2.05) is 0 Å². The molecule has 3 fully saturated rings. The van der Waals surface area contributed by atoms with Gasteiger partial charge < -0.3 is 79.9 Å². The first kappa shape index (κ1) is 27.9. The molecule has 3 heterocycles. The smallest absolute Gasteiger partial charge is 0.221 e. The molecule has 0 aliphatic carbocycles. The Balaban J connectivity index is 1.65. The predicted molar refractivity (Wildman–Crippen MR) is 101 cm³/mol. The Bertz CT molecular complexity index is 684. The van der Waals surface area contributed by atoms with Gasteiger partial charge in [-0.3, -0.25) is 0 Å². The molecular weight excluding hydrogens is 472 g/mol. The second-order valence-electron chi connectivity index (χ2n) is 8.52. The van der Waals surface area contributed by atoms with Crippen molar-refractivity contribution < 1.29 is 79.9 Å². The van der Waals surface area contributed by atoms with Gasteiger partial charge in [0.2, 0.25) is 17.4 Å². The van der Waals surface area contributed by atoms with E-state index in [9.17, 15) is 51.1 Å². The maximum atomic E-state index is 10.4. The van der Waals surface area contributed by atoms with Crippen LogP contribution in [0.5, 0.6) is 0 Å². The van der Waals surface area contributed by atoms with Gasteiger partial charge in [-0.15, -0.1) is 0 Å². The fraction of sp³-hybridized carbons (Fsp3) is 1.00. The molecule has 0 spiro atoms. The lowest BCUT2D eigenvalue weighted by Gasteiger charge is -2.33. The van der Waals surface area contributed by atoms with Crippen molar-refractivity contribution >= 4 is 0 Å². The third-order valence-electron chi connectivity index (χ3n) is 6.36. The van der Waals surface area contributed by atoms with Crippen molar-refractivity contribution in [1.29, 1.82) is 0 Å². The van der Waals surface area contributed by atoms with Gasteiger partial charge in [0, 0.05) is 0 Å². The molecule has 3 saturated heterocycles. The summed E-state index contributed by atoms with van der Waals surface area (Å²) in [7, 11) is 0. The van der Waals surface area contributed by atoms with Crippen LogP contribution in [0.4, 0.5) is 0 Å². The Labute approximate surface area is 192 Å². The molecule has 12 atom stereocenters. The average Bonchev–Trinajstić information content (AvgIpc) is 3.33. The summed E-state index contributed by atoms with van der Waals surface area (Å²) in [6.07, 6.45) is -14.7. The molecule has 0 radical (unpaired) electrons. The lowest BCUT2D eigenvalue weighted by molar-refractivity contribution is -0.311. The van der Waals surface area contributed by atoms with Crippen LogP contribution in [-0.4, -0.2) is 168 Å². The number of hydrogen-bond acceptors (Lipinski definition) is 16. The van der Waals surface area contributed by atoms with Gasteiger partial charge in [-0.05, 0) is 0 Å². The molecular formula is C18H32O16. The third-order valence-corrected chi connectivity index (χ3v) is 6.36. The Morgan fingerprint density at radius 3 is 1.35 bits per heavy atom. The molecule has 0 aromatic heterocycles. The molecule has 16 nitrogen and oxygen atoms in total. The van der Waals surface area contributed by atoms with E-state index in [2.05, 4.69) is 0 Å². The second-order valence-corrected chi connectivity index (χ2v) is 8.52. The van der Waals surface area contributed by atoms with Gasteiger partial charge in [-0.25, -0.2) is 0 Å². The van der Waals surface area contributed by atoms with Gasteiger partial charge in [0.15, 0.2) is 0 Å². The molecule has 3 aliphatic rings. The predicted octanol–water partition coefficient (Wildman–Crippen LogP) is -7.57. The number of aliphatic hydroxyl groups is 11. The Morgan fingerprint density at radius 2 is 0.971 bits per heavy atom. The highest BCUT2D eigenvalue weighted by Crippen LogP contribution is 2.37. The summed E-state index contributed by atoms with van der Waals surface area (Å²) in [5.74, 6) is -6.93. The normalized spacial score (nSPS) is 51.4. The average molecular weight is 504 g/mol. The number of aliphatic hydroxyl groups excluding tert-OH is 10. The van der Waals surface area contributed by atoms with E-state index < -0.39 is 112 Å². The van der Waals surface area contributed by atoms with Gasteiger partial charge in [0.05, 0.1) is 26.4 Å². The van der Waals surface area contributed by atoms with E-state index in [1.165, 1.54) is 0 Å². The molecule has 0 amide bonds. The van der Waals surface area contributed by atoms with Crippen LogP contribution in [0.15, 0.2) is 0 Å². The maximum Gasteiger partial charge on any atom is 0.221 e. The van der Waals surface area contributed by atoms with E-state index in [-0.39, 0.29) is 0 Å². The highest BCUT2D eigenvalue weighted by atomic mass is 16.8. The van der Waals surface area contributed by atoms with Crippen LogP contribution in [0.25, 0.3) is 0 Å². The minimum Gasteiger partial charge on any atom is -0.394 e. The van der Waals surface area contributed by atoms with Crippen molar-refractivity contribution in [2.45, 2.75) is 72.3 Å². The summed E-state index contributed by atoms with van der Waals surface area (Å²) in [6.45, 7) is -5.05. The lowest BCUT2D eigenvalue weighted by Crippen LogP contribution is -2.50. The van der Waals surface area contributed by atoms with Crippen LogP contribution in [0.1, 0.15) is 0 Å². The minimum absolute atomic E-state index is 0.655. The zero-order chi connectivity index (χ0) is 25.5. The molecule has 0 saturated carbocycles. The van der Waals surface area contributed by atoms with E-state index in [1.54, 1.807) is 0 Å². The maximum absolute atomic E-state index is 10.4. The zero-order valence-corrected chi connectivity index (χ0v) is 17.9. The second kappa shape index (κ2) is 10.4. The Hall–Kier alpha value is -0.640. The van der Waals surface area contributed by atoms with E-state index >= 15 is 0 Å². The molecule has 200 valence electrons. The first-order valence-electron chi connectivity index (χ1n) is 10.5. The third kappa shape index (κ3) is 4.59. The first-order valence-corrected chi connectivity index (χ1v) is 10.5. The SMILES string of the molecule is OC[C@H]1O[C@@](CO)(OC[C@@H]2O[C@@](CO)(OC[C@@H]3O[C@](O)(CO)[C@H](O)C3O)[C@H](O)C2O)[C@H](O)C1O. The van der Waals surface area contributed by atoms with Crippen LogP contribution >= 0.6 is 0 Å². The standard InChI is InChI=1S/C18H32O16/c19-1-7-10(23)14(27)17(5-21,33-7)31-3-9-12(25)15(28)18(6-22,34-9)30-2-8-11(24)13(26)16(29,4-20)32-8/h7-15,19-29H,1-6H2/t7-,8+,9+,10?,11?,12?,13-,14-,15-,16-,17-,18-/m1/s1. The van der Waals surface area contributed by atoms with Crippen molar-refractivity contribution in [2.75, 3.05) is 39.6 Å². The number of hydrogen-bond donors (Lipinski definition) is 11. The van der Waals surface area contributed by atoms with E-state index in [0.29, 0.717) is 0 Å². The Kier molecular flexibility index (Phi) is 8.53. The Morgan fingerprint density at radius 1 is 0.559 bits per heavy atom.